The molecule has 8 nitrogen and oxygen atoms in total. The molecule has 30 heavy (non-hydrogen) atoms. The number of anilines is 1. The first-order valence-corrected chi connectivity index (χ1v) is 9.34. The highest BCUT2D eigenvalue weighted by molar-refractivity contribution is 5.80. The van der Waals surface area contributed by atoms with Crippen LogP contribution >= 0.6 is 0 Å². The number of methoxy groups -OCH3 is 1. The number of aromatic nitrogens is 5. The second kappa shape index (κ2) is 7.32. The smallest absolute Gasteiger partial charge is 0.222 e. The first-order chi connectivity index (χ1) is 14.7. The topological polar surface area (TPSA) is 105 Å². The highest BCUT2D eigenvalue weighted by Crippen LogP contribution is 2.28. The molecule has 0 aliphatic rings. The molecule has 4 heterocycles. The zero-order valence-corrected chi connectivity index (χ0v) is 16.2. The molecule has 0 atom stereocenters. The van der Waals surface area contributed by atoms with E-state index >= 15 is 0 Å². The number of nitrogens with two attached hydrogens (primary N) is 1. The molecule has 1 aromatic carbocycles. The van der Waals surface area contributed by atoms with Gasteiger partial charge in [-0.1, -0.05) is 0 Å². The molecule has 0 bridgehead atoms. The molecule has 0 spiro atoms. The number of ether oxygens (including phenoxy) is 1. The molecular formula is C22H18N6O2. The maximum Gasteiger partial charge on any atom is 0.222 e. The molecule has 148 valence electrons. The third-order valence-electron chi connectivity index (χ3n) is 4.78. The molecule has 4 aromatic heterocycles. The van der Waals surface area contributed by atoms with E-state index in [4.69, 9.17) is 19.9 Å². The number of nitrogens with zero attached hydrogens (tertiary/aromatic N) is 5. The number of pyridine rings is 1. The Hall–Kier alpha value is -4.20. The van der Waals surface area contributed by atoms with Crippen molar-refractivity contribution in [3.63, 3.8) is 0 Å². The van der Waals surface area contributed by atoms with Gasteiger partial charge in [-0.2, -0.15) is 4.98 Å². The maximum atomic E-state index is 6.04. The Morgan fingerprint density at radius 2 is 1.90 bits per heavy atom. The van der Waals surface area contributed by atoms with Crippen LogP contribution in [0, 0.1) is 0 Å². The summed E-state index contributed by atoms with van der Waals surface area (Å²) in [5, 5.41) is 0. The normalized spacial score (nSPS) is 11.1. The van der Waals surface area contributed by atoms with Gasteiger partial charge in [0.2, 0.25) is 5.95 Å². The summed E-state index contributed by atoms with van der Waals surface area (Å²) in [7, 11) is 1.64. The van der Waals surface area contributed by atoms with Crippen molar-refractivity contribution in [2.75, 3.05) is 12.8 Å². The van der Waals surface area contributed by atoms with Crippen LogP contribution in [0.25, 0.3) is 28.3 Å². The van der Waals surface area contributed by atoms with Crippen molar-refractivity contribution in [2.24, 2.45) is 0 Å². The number of benzene rings is 1. The minimum Gasteiger partial charge on any atom is -0.497 e. The van der Waals surface area contributed by atoms with Crippen molar-refractivity contribution >= 4 is 17.0 Å². The number of hydrogen-bond acceptors (Lipinski definition) is 7. The van der Waals surface area contributed by atoms with Crippen LogP contribution in [-0.2, 0) is 6.42 Å². The standard InChI is InChI=1S/C22H18N6O2/c1-29-15-4-5-18-16(12-15)25-20(11-14-6-8-24-9-7-14)28(18)21-13-17(26-22(23)27-21)19-3-2-10-30-19/h2-10,12-13H,11H2,1H3,(H2,23,26,27). The number of fused-ring (bicyclic) bond motifs is 1. The fraction of sp³-hybridized carbons (Fsp3) is 0.0909. The Kier molecular flexibility index (Phi) is 4.36. The first-order valence-electron chi connectivity index (χ1n) is 9.34. The van der Waals surface area contributed by atoms with Crippen molar-refractivity contribution in [3.05, 3.63) is 78.6 Å². The molecule has 5 aromatic rings. The molecule has 0 fully saturated rings. The van der Waals surface area contributed by atoms with Crippen molar-refractivity contribution in [1.29, 1.82) is 0 Å². The quantitative estimate of drug-likeness (QED) is 0.482. The summed E-state index contributed by atoms with van der Waals surface area (Å²) in [4.78, 5) is 17.8. The number of rotatable bonds is 5. The lowest BCUT2D eigenvalue weighted by Crippen LogP contribution is -2.07. The van der Waals surface area contributed by atoms with E-state index in [0.717, 1.165) is 28.2 Å². The molecule has 0 aliphatic carbocycles. The van der Waals surface area contributed by atoms with E-state index in [0.29, 0.717) is 23.7 Å². The molecule has 0 amide bonds. The van der Waals surface area contributed by atoms with Gasteiger partial charge in [-0.25, -0.2) is 9.97 Å². The Labute approximate surface area is 172 Å². The molecular weight excluding hydrogens is 380 g/mol. The Morgan fingerprint density at radius 3 is 2.67 bits per heavy atom. The van der Waals surface area contributed by atoms with Crippen LogP contribution in [0.3, 0.4) is 0 Å². The van der Waals surface area contributed by atoms with E-state index in [9.17, 15) is 0 Å². The van der Waals surface area contributed by atoms with Gasteiger partial charge < -0.3 is 14.9 Å². The lowest BCUT2D eigenvalue weighted by Gasteiger charge is -2.10. The summed E-state index contributed by atoms with van der Waals surface area (Å²) in [6, 6.07) is 15.2. The monoisotopic (exact) mass is 398 g/mol. The van der Waals surface area contributed by atoms with Crippen LogP contribution in [0.15, 0.2) is 71.6 Å². The molecule has 0 aliphatic heterocycles. The van der Waals surface area contributed by atoms with Crippen LogP contribution in [0.5, 0.6) is 5.75 Å². The fourth-order valence-corrected chi connectivity index (χ4v) is 3.41. The van der Waals surface area contributed by atoms with E-state index in [2.05, 4.69) is 15.0 Å². The SMILES string of the molecule is COc1ccc2c(c1)nc(Cc1ccncc1)n2-c1cc(-c2ccco2)nc(N)n1. The highest BCUT2D eigenvalue weighted by Gasteiger charge is 2.17. The predicted octanol–water partition coefficient (Wildman–Crippen LogP) is 3.65. The van der Waals surface area contributed by atoms with E-state index in [1.165, 1.54) is 0 Å². The summed E-state index contributed by atoms with van der Waals surface area (Å²) in [6.07, 6.45) is 5.73. The van der Waals surface area contributed by atoms with Gasteiger partial charge in [0.05, 0.1) is 24.4 Å². The second-order valence-corrected chi connectivity index (χ2v) is 6.70. The van der Waals surface area contributed by atoms with Gasteiger partial charge in [0.15, 0.2) is 5.76 Å². The van der Waals surface area contributed by atoms with Gasteiger partial charge in [0, 0.05) is 30.9 Å². The van der Waals surface area contributed by atoms with Crippen molar-refractivity contribution in [1.82, 2.24) is 24.5 Å². The van der Waals surface area contributed by atoms with Gasteiger partial charge >= 0.3 is 0 Å². The summed E-state index contributed by atoms with van der Waals surface area (Å²) in [6.45, 7) is 0. The zero-order chi connectivity index (χ0) is 20.5. The van der Waals surface area contributed by atoms with Crippen LogP contribution in [0.1, 0.15) is 11.4 Å². The number of nitrogen functional groups attached to an aromatic ring is 1. The van der Waals surface area contributed by atoms with Gasteiger partial charge in [-0.15, -0.1) is 0 Å². The Bertz CT molecular complexity index is 1310. The van der Waals surface area contributed by atoms with Gasteiger partial charge in [0.25, 0.3) is 0 Å². The molecule has 0 saturated carbocycles. The first kappa shape index (κ1) is 17.9. The third-order valence-corrected chi connectivity index (χ3v) is 4.78. The van der Waals surface area contributed by atoms with Gasteiger partial charge in [-0.3, -0.25) is 9.55 Å². The average molecular weight is 398 g/mol. The molecule has 0 radical (unpaired) electrons. The number of furan rings is 1. The molecule has 8 heteroatoms. The van der Waals surface area contributed by atoms with Crippen molar-refractivity contribution in [3.8, 4) is 23.0 Å². The van der Waals surface area contributed by atoms with E-state index in [1.807, 2.05) is 47.0 Å². The minimum atomic E-state index is 0.157. The van der Waals surface area contributed by atoms with Gasteiger partial charge in [-0.05, 0) is 42.0 Å². The van der Waals surface area contributed by atoms with E-state index in [-0.39, 0.29) is 5.95 Å². The van der Waals surface area contributed by atoms with Crippen LogP contribution < -0.4 is 10.5 Å². The summed E-state index contributed by atoms with van der Waals surface area (Å²) < 4.78 is 12.8. The largest absolute Gasteiger partial charge is 0.497 e. The van der Waals surface area contributed by atoms with Crippen molar-refractivity contribution in [2.45, 2.75) is 6.42 Å². The highest BCUT2D eigenvalue weighted by atomic mass is 16.5. The molecule has 0 unspecified atom stereocenters. The molecule has 2 N–H and O–H groups in total. The number of imidazole rings is 1. The number of hydrogen-bond donors (Lipinski definition) is 1. The van der Waals surface area contributed by atoms with Gasteiger partial charge in [0.1, 0.15) is 23.1 Å². The maximum absolute atomic E-state index is 6.04. The Balaban J connectivity index is 1.72. The van der Waals surface area contributed by atoms with Crippen LogP contribution in [-0.4, -0.2) is 31.6 Å². The Morgan fingerprint density at radius 1 is 1.03 bits per heavy atom. The molecule has 0 saturated heterocycles. The predicted molar refractivity (Wildman–Crippen MR) is 112 cm³/mol. The third kappa shape index (κ3) is 3.24. The van der Waals surface area contributed by atoms with Crippen LogP contribution in [0.2, 0.25) is 0 Å². The van der Waals surface area contributed by atoms with Crippen LogP contribution in [0.4, 0.5) is 5.95 Å². The van der Waals surface area contributed by atoms with E-state index < -0.39 is 0 Å². The summed E-state index contributed by atoms with van der Waals surface area (Å²) in [5.74, 6) is 2.94. The summed E-state index contributed by atoms with van der Waals surface area (Å²) in [5.41, 5.74) is 9.42. The summed E-state index contributed by atoms with van der Waals surface area (Å²) >= 11 is 0. The minimum absolute atomic E-state index is 0.157. The second-order valence-electron chi connectivity index (χ2n) is 6.70. The van der Waals surface area contributed by atoms with Crippen molar-refractivity contribution < 1.29 is 9.15 Å². The fourth-order valence-electron chi connectivity index (χ4n) is 3.41. The lowest BCUT2D eigenvalue weighted by atomic mass is 10.2. The zero-order valence-electron chi connectivity index (χ0n) is 16.2. The van der Waals surface area contributed by atoms with E-state index in [1.54, 1.807) is 31.8 Å². The molecule has 5 rings (SSSR count). The lowest BCUT2D eigenvalue weighted by molar-refractivity contribution is 0.415. The average Bonchev–Trinajstić information content (AvgIpc) is 3.41.